The Morgan fingerprint density at radius 3 is 2.36 bits per heavy atom. The molecular weight excluding hydrogens is 442 g/mol. The van der Waals surface area contributed by atoms with E-state index in [1.165, 1.54) is 4.90 Å². The van der Waals surface area contributed by atoms with Gasteiger partial charge in [-0.3, -0.25) is 4.79 Å². The van der Waals surface area contributed by atoms with Crippen molar-refractivity contribution >= 4 is 29.0 Å². The minimum Gasteiger partial charge on any atom is -0.444 e. The lowest BCUT2D eigenvalue weighted by atomic mass is 10.0. The first-order chi connectivity index (χ1) is 15.6. The highest BCUT2D eigenvalue weighted by Gasteiger charge is 2.38. The Kier molecular flexibility index (Phi) is 10.5. The lowest BCUT2D eigenvalue weighted by Gasteiger charge is -2.34. The molecule has 0 bridgehead atoms. The van der Waals surface area contributed by atoms with Gasteiger partial charge in [-0.1, -0.05) is 30.3 Å². The molecule has 0 aliphatic carbocycles. The van der Waals surface area contributed by atoms with Crippen molar-refractivity contribution in [3.05, 3.63) is 35.9 Å². The molecule has 1 heterocycles. The van der Waals surface area contributed by atoms with Gasteiger partial charge in [0, 0.05) is 12.5 Å². The number of hydrogen-bond acceptors (Lipinski definition) is 6. The number of piperidine rings is 1. The maximum absolute atomic E-state index is 13.6. The summed E-state index contributed by atoms with van der Waals surface area (Å²) in [5.41, 5.74) is 0.147. The van der Waals surface area contributed by atoms with Crippen LogP contribution < -0.4 is 10.6 Å². The van der Waals surface area contributed by atoms with E-state index in [1.54, 1.807) is 20.8 Å². The van der Waals surface area contributed by atoms with Crippen LogP contribution in [0, 0.1) is 0 Å². The van der Waals surface area contributed by atoms with Gasteiger partial charge in [0.05, 0.1) is 12.5 Å². The van der Waals surface area contributed by atoms with E-state index < -0.39 is 29.7 Å². The molecule has 1 aliphatic heterocycles. The molecule has 1 aliphatic rings. The predicted octanol–water partition coefficient (Wildman–Crippen LogP) is 3.07. The van der Waals surface area contributed by atoms with Gasteiger partial charge < -0.3 is 20.1 Å². The van der Waals surface area contributed by atoms with E-state index in [2.05, 4.69) is 23.1 Å². The number of nitrogens with one attached hydrogen (secondary N) is 2. The van der Waals surface area contributed by atoms with Gasteiger partial charge in [0.25, 0.3) is 5.91 Å². The third-order valence-corrected chi connectivity index (χ3v) is 6.17. The van der Waals surface area contributed by atoms with Crippen molar-refractivity contribution in [3.8, 4) is 0 Å². The van der Waals surface area contributed by atoms with Crippen LogP contribution in [0.15, 0.2) is 30.3 Å². The van der Waals surface area contributed by atoms with Crippen LogP contribution in [0.2, 0.25) is 0 Å². The molecule has 1 fully saturated rings. The van der Waals surface area contributed by atoms with E-state index >= 15 is 0 Å². The molecule has 0 radical (unpaired) electrons. The summed E-state index contributed by atoms with van der Waals surface area (Å²) in [7, 11) is 0.0674. The Labute approximate surface area is 200 Å². The van der Waals surface area contributed by atoms with Crippen LogP contribution in [0.5, 0.6) is 0 Å². The summed E-state index contributed by atoms with van der Waals surface area (Å²) in [5.74, 6) is 0.294. The summed E-state index contributed by atoms with van der Waals surface area (Å²) >= 11 is 0. The monoisotopic (exact) mass is 480 g/mol. The molecule has 1 saturated heterocycles. The van der Waals surface area contributed by atoms with Gasteiger partial charge >= 0.3 is 12.2 Å². The fraction of sp³-hybridized carbons (Fsp3) is 0.625. The highest BCUT2D eigenvalue weighted by molar-refractivity contribution is 7.95. The first-order valence-corrected chi connectivity index (χ1v) is 13.6. The second-order valence-corrected chi connectivity index (χ2v) is 11.8. The van der Waals surface area contributed by atoms with Crippen molar-refractivity contribution in [1.82, 2.24) is 15.5 Å². The largest absolute Gasteiger partial charge is 0.444 e. The highest BCUT2D eigenvalue weighted by atomic mass is 32.2. The van der Waals surface area contributed by atoms with Crippen LogP contribution in [-0.4, -0.2) is 72.0 Å². The summed E-state index contributed by atoms with van der Waals surface area (Å²) in [6.45, 7) is 6.78. The number of hydrogen-bond donors (Lipinski definition) is 2. The predicted molar refractivity (Wildman–Crippen MR) is 131 cm³/mol. The zero-order valence-corrected chi connectivity index (χ0v) is 21.2. The van der Waals surface area contributed by atoms with Gasteiger partial charge in [-0.15, -0.1) is 0 Å². The number of ether oxygens (including phenoxy) is 2. The molecule has 0 unspecified atom stereocenters. The summed E-state index contributed by atoms with van der Waals surface area (Å²) in [6, 6.07) is 8.19. The van der Waals surface area contributed by atoms with Crippen molar-refractivity contribution in [2.45, 2.75) is 64.3 Å². The molecular formula is C24H38N3O5S+. The van der Waals surface area contributed by atoms with Crippen molar-refractivity contribution in [3.63, 3.8) is 0 Å². The Morgan fingerprint density at radius 1 is 1.15 bits per heavy atom. The SMILES string of the molecule is C[S+](C)CC[C@H](NC(=O)OC(C)(C)C)C(=O)N(C(=O)OCc1ccccc1)C1CCNCC1. The molecule has 2 rings (SSSR count). The molecule has 3 amide bonds. The lowest BCUT2D eigenvalue weighted by Crippen LogP contribution is -2.56. The standard InChI is InChI=1S/C24H37N3O5S/c1-24(2,3)32-22(29)26-20(13-16-33(4)5)21(28)27(19-11-14-25-15-12-19)23(30)31-17-18-9-7-6-8-10-18/h6-10,19-20,25H,11-17H2,1-5H3/p+1/t20-/m0/s1. The van der Waals surface area contributed by atoms with E-state index in [-0.39, 0.29) is 23.5 Å². The van der Waals surface area contributed by atoms with Gasteiger partial charge in [0.2, 0.25) is 0 Å². The molecule has 0 aromatic heterocycles. The average molecular weight is 481 g/mol. The molecule has 1 aromatic carbocycles. The molecule has 1 atom stereocenters. The molecule has 0 spiro atoms. The second-order valence-electron chi connectivity index (χ2n) is 9.41. The second kappa shape index (κ2) is 12.8. The number of rotatable bonds is 8. The van der Waals surface area contributed by atoms with E-state index in [0.29, 0.717) is 32.4 Å². The molecule has 0 saturated carbocycles. The van der Waals surface area contributed by atoms with E-state index in [4.69, 9.17) is 9.47 Å². The van der Waals surface area contributed by atoms with Crippen LogP contribution in [0.3, 0.4) is 0 Å². The number of benzene rings is 1. The third kappa shape index (κ3) is 9.63. The first-order valence-electron chi connectivity index (χ1n) is 11.3. The maximum Gasteiger partial charge on any atom is 0.417 e. The topological polar surface area (TPSA) is 97.0 Å². The van der Waals surface area contributed by atoms with Gasteiger partial charge in [0.15, 0.2) is 0 Å². The Balaban J connectivity index is 2.20. The molecule has 33 heavy (non-hydrogen) atoms. The molecule has 9 heteroatoms. The number of imide groups is 1. The number of carbonyl (C=O) groups excluding carboxylic acids is 3. The molecule has 8 nitrogen and oxygen atoms in total. The fourth-order valence-corrected chi connectivity index (χ4v) is 4.21. The average Bonchev–Trinajstić information content (AvgIpc) is 2.75. The van der Waals surface area contributed by atoms with Crippen LogP contribution in [0.1, 0.15) is 45.6 Å². The van der Waals surface area contributed by atoms with E-state index in [0.717, 1.165) is 11.3 Å². The normalized spacial score (nSPS) is 15.6. The summed E-state index contributed by atoms with van der Waals surface area (Å²) in [4.78, 5) is 40.5. The van der Waals surface area contributed by atoms with Crippen molar-refractivity contribution in [1.29, 1.82) is 0 Å². The van der Waals surface area contributed by atoms with Gasteiger partial charge in [-0.05, 0) is 63.2 Å². The van der Waals surface area contributed by atoms with Gasteiger partial charge in [-0.25, -0.2) is 14.5 Å². The molecule has 1 aromatic rings. The number of alkyl carbamates (subject to hydrolysis) is 1. The lowest BCUT2D eigenvalue weighted by molar-refractivity contribution is -0.134. The zero-order valence-electron chi connectivity index (χ0n) is 20.4. The molecule has 2 N–H and O–H groups in total. The number of carbonyl (C=O) groups is 3. The Morgan fingerprint density at radius 2 is 1.79 bits per heavy atom. The van der Waals surface area contributed by atoms with E-state index in [9.17, 15) is 14.4 Å². The van der Waals surface area contributed by atoms with Crippen LogP contribution in [-0.2, 0) is 31.8 Å². The Bertz CT molecular complexity index is 776. The Hall–Kier alpha value is -2.26. The summed E-state index contributed by atoms with van der Waals surface area (Å²) < 4.78 is 10.9. The van der Waals surface area contributed by atoms with Crippen molar-refractivity contribution in [2.24, 2.45) is 0 Å². The maximum atomic E-state index is 13.6. The van der Waals surface area contributed by atoms with Gasteiger partial charge in [0.1, 0.15) is 24.0 Å². The van der Waals surface area contributed by atoms with Gasteiger partial charge in [-0.2, -0.15) is 0 Å². The third-order valence-electron chi connectivity index (χ3n) is 5.12. The smallest absolute Gasteiger partial charge is 0.417 e. The fourth-order valence-electron chi connectivity index (χ4n) is 3.50. The zero-order chi connectivity index (χ0) is 24.4. The minimum atomic E-state index is -0.867. The minimum absolute atomic E-state index is 0.0674. The van der Waals surface area contributed by atoms with Crippen LogP contribution in [0.4, 0.5) is 9.59 Å². The summed E-state index contributed by atoms with van der Waals surface area (Å²) in [5, 5.41) is 5.96. The van der Waals surface area contributed by atoms with E-state index in [1.807, 2.05) is 30.3 Å². The molecule has 184 valence electrons. The number of nitrogens with zero attached hydrogens (tertiary/aromatic N) is 1. The highest BCUT2D eigenvalue weighted by Crippen LogP contribution is 2.18. The van der Waals surface area contributed by atoms with Crippen LogP contribution in [0.25, 0.3) is 0 Å². The van der Waals surface area contributed by atoms with Crippen molar-refractivity contribution < 1.29 is 23.9 Å². The quantitative estimate of drug-likeness (QED) is 0.555. The van der Waals surface area contributed by atoms with Crippen molar-refractivity contribution in [2.75, 3.05) is 31.4 Å². The van der Waals surface area contributed by atoms with Crippen LogP contribution >= 0.6 is 0 Å². The first kappa shape index (κ1) is 27.0. The summed E-state index contributed by atoms with van der Waals surface area (Å²) in [6.07, 6.45) is 4.49. The number of amides is 3.